The van der Waals surface area contributed by atoms with Crippen molar-refractivity contribution in [2.24, 2.45) is 4.99 Å². The van der Waals surface area contributed by atoms with E-state index in [1.54, 1.807) is 24.3 Å². The first-order valence-electron chi connectivity index (χ1n) is 9.01. The number of amidine groups is 1. The summed E-state index contributed by atoms with van der Waals surface area (Å²) in [5, 5.41) is 4.63. The van der Waals surface area contributed by atoms with Gasteiger partial charge in [-0.15, -0.1) is 0 Å². The summed E-state index contributed by atoms with van der Waals surface area (Å²) >= 11 is 1.09. The molecule has 1 unspecified atom stereocenters. The molecule has 0 bridgehead atoms. The summed E-state index contributed by atoms with van der Waals surface area (Å²) in [6.45, 7) is 2.42. The number of hydrogen-bond acceptors (Lipinski definition) is 5. The number of carbonyl (C=O) groups excluding carboxylic acids is 2. The molecule has 1 aliphatic rings. The smallest absolute Gasteiger partial charge is 0.416 e. The number of nitrogens with one attached hydrogen (secondary N) is 2. The molecule has 2 aromatic rings. The minimum absolute atomic E-state index is 0.0153. The highest BCUT2D eigenvalue weighted by atomic mass is 32.2. The van der Waals surface area contributed by atoms with Crippen molar-refractivity contribution >= 4 is 40.1 Å². The Morgan fingerprint density at radius 2 is 1.97 bits per heavy atom. The van der Waals surface area contributed by atoms with Crippen molar-refractivity contribution in [3.8, 4) is 5.75 Å². The maximum Gasteiger partial charge on any atom is 0.416 e. The third kappa shape index (κ3) is 5.76. The van der Waals surface area contributed by atoms with E-state index in [4.69, 9.17) is 4.74 Å². The maximum atomic E-state index is 12.8. The highest BCUT2D eigenvalue weighted by Crippen LogP contribution is 2.31. The van der Waals surface area contributed by atoms with Crippen molar-refractivity contribution in [2.45, 2.75) is 24.8 Å². The fraction of sp³-hybridized carbons (Fsp3) is 0.250. The number of anilines is 1. The lowest BCUT2D eigenvalue weighted by Gasteiger charge is -2.10. The molecule has 1 saturated heterocycles. The van der Waals surface area contributed by atoms with Crippen LogP contribution in [0.5, 0.6) is 5.75 Å². The van der Waals surface area contributed by atoms with Gasteiger partial charge < -0.3 is 15.4 Å². The van der Waals surface area contributed by atoms with Crippen LogP contribution in [0.1, 0.15) is 18.9 Å². The predicted octanol–water partition coefficient (Wildman–Crippen LogP) is 4.35. The Balaban J connectivity index is 1.59. The molecule has 1 aliphatic heterocycles. The summed E-state index contributed by atoms with van der Waals surface area (Å²) in [6.07, 6.45) is -4.71. The quantitative estimate of drug-likeness (QED) is 0.704. The Hall–Kier alpha value is -3.01. The van der Waals surface area contributed by atoms with E-state index < -0.39 is 22.9 Å². The molecular formula is C20H18F3N3O3S. The molecule has 30 heavy (non-hydrogen) atoms. The van der Waals surface area contributed by atoms with Gasteiger partial charge in [0.05, 0.1) is 17.9 Å². The van der Waals surface area contributed by atoms with Gasteiger partial charge in [0.1, 0.15) is 11.0 Å². The van der Waals surface area contributed by atoms with Crippen LogP contribution in [0, 0.1) is 0 Å². The predicted molar refractivity (Wildman–Crippen MR) is 109 cm³/mol. The summed E-state index contributed by atoms with van der Waals surface area (Å²) in [6, 6.07) is 11.3. The topological polar surface area (TPSA) is 79.8 Å². The number of carbonyl (C=O) groups is 2. The molecule has 0 aromatic heterocycles. The summed E-state index contributed by atoms with van der Waals surface area (Å²) < 4.78 is 43.7. The number of nitrogens with zero attached hydrogens (tertiary/aromatic N) is 1. The minimum Gasteiger partial charge on any atom is -0.494 e. The Morgan fingerprint density at radius 1 is 1.23 bits per heavy atom. The third-order valence-electron chi connectivity index (χ3n) is 4.00. The molecule has 3 rings (SSSR count). The van der Waals surface area contributed by atoms with Crippen LogP contribution in [-0.2, 0) is 15.8 Å². The number of thioether (sulfide) groups is 1. The van der Waals surface area contributed by atoms with Crippen molar-refractivity contribution in [3.63, 3.8) is 0 Å². The van der Waals surface area contributed by atoms with Crippen molar-refractivity contribution in [2.75, 3.05) is 11.9 Å². The molecular weight excluding hydrogens is 419 g/mol. The van der Waals surface area contributed by atoms with E-state index in [0.717, 1.165) is 23.9 Å². The van der Waals surface area contributed by atoms with Crippen LogP contribution in [0.25, 0.3) is 0 Å². The monoisotopic (exact) mass is 437 g/mol. The summed E-state index contributed by atoms with van der Waals surface area (Å²) in [5.74, 6) is -0.248. The van der Waals surface area contributed by atoms with Crippen LogP contribution >= 0.6 is 11.8 Å². The van der Waals surface area contributed by atoms with E-state index in [1.807, 2.05) is 6.92 Å². The van der Waals surface area contributed by atoms with Crippen LogP contribution in [0.2, 0.25) is 0 Å². The molecule has 2 aromatic carbocycles. The molecule has 0 radical (unpaired) electrons. The standard InChI is InChI=1S/C20H18F3N3O3S/c1-2-29-15-8-6-13(7-9-15)25-19-26-18(28)16(30-19)11-17(27)24-14-5-3-4-12(10-14)20(21,22)23/h3-10,16H,2,11H2,1H3,(H,24,27)(H,25,26,28). The third-order valence-corrected chi connectivity index (χ3v) is 5.08. The molecule has 10 heteroatoms. The SMILES string of the molecule is CCOc1ccc(N=C2NC(=O)C(CC(=O)Nc3cccc(C(F)(F)F)c3)S2)cc1. The number of amides is 2. The van der Waals surface area contributed by atoms with Gasteiger partial charge in [-0.25, -0.2) is 4.99 Å². The van der Waals surface area contributed by atoms with Crippen molar-refractivity contribution in [1.82, 2.24) is 5.32 Å². The second-order valence-corrected chi connectivity index (χ2v) is 7.46. The summed E-state index contributed by atoms with van der Waals surface area (Å²) in [4.78, 5) is 28.7. The highest BCUT2D eigenvalue weighted by molar-refractivity contribution is 8.15. The van der Waals surface area contributed by atoms with Gasteiger partial charge in [-0.3, -0.25) is 9.59 Å². The van der Waals surface area contributed by atoms with Crippen LogP contribution in [0.4, 0.5) is 24.5 Å². The first kappa shape index (κ1) is 21.7. The molecule has 1 fully saturated rings. The first-order valence-corrected chi connectivity index (χ1v) is 9.89. The van der Waals surface area contributed by atoms with Gasteiger partial charge in [0, 0.05) is 12.1 Å². The Kier molecular flexibility index (Phi) is 6.66. The number of benzene rings is 2. The van der Waals surface area contributed by atoms with E-state index >= 15 is 0 Å². The van der Waals surface area contributed by atoms with Gasteiger partial charge in [0.15, 0.2) is 5.17 Å². The number of rotatable bonds is 6. The van der Waals surface area contributed by atoms with Gasteiger partial charge in [-0.1, -0.05) is 17.8 Å². The second kappa shape index (κ2) is 9.21. The number of alkyl halides is 3. The summed E-state index contributed by atoms with van der Waals surface area (Å²) in [5.41, 5.74) is -0.241. The Bertz CT molecular complexity index is 962. The fourth-order valence-electron chi connectivity index (χ4n) is 2.65. The maximum absolute atomic E-state index is 12.8. The minimum atomic E-state index is -4.51. The molecule has 1 heterocycles. The number of hydrogen-bond donors (Lipinski definition) is 2. The largest absolute Gasteiger partial charge is 0.494 e. The van der Waals surface area contributed by atoms with Gasteiger partial charge in [-0.05, 0) is 49.4 Å². The lowest BCUT2D eigenvalue weighted by Crippen LogP contribution is -2.28. The zero-order chi connectivity index (χ0) is 21.7. The highest BCUT2D eigenvalue weighted by Gasteiger charge is 2.33. The van der Waals surface area contributed by atoms with Crippen molar-refractivity contribution < 1.29 is 27.5 Å². The molecule has 2 N–H and O–H groups in total. The van der Waals surface area contributed by atoms with Gasteiger partial charge >= 0.3 is 6.18 Å². The Morgan fingerprint density at radius 3 is 2.63 bits per heavy atom. The molecule has 0 saturated carbocycles. The lowest BCUT2D eigenvalue weighted by atomic mass is 10.2. The Labute approximate surface area is 174 Å². The van der Waals surface area contributed by atoms with E-state index in [1.165, 1.54) is 12.1 Å². The van der Waals surface area contributed by atoms with Crippen molar-refractivity contribution in [1.29, 1.82) is 0 Å². The average molecular weight is 437 g/mol. The first-order chi connectivity index (χ1) is 14.2. The van der Waals surface area contributed by atoms with Crippen LogP contribution in [-0.4, -0.2) is 28.8 Å². The molecule has 6 nitrogen and oxygen atoms in total. The molecule has 1 atom stereocenters. The van der Waals surface area contributed by atoms with Crippen LogP contribution < -0.4 is 15.4 Å². The van der Waals surface area contributed by atoms with Gasteiger partial charge in [0.25, 0.3) is 0 Å². The summed E-state index contributed by atoms with van der Waals surface area (Å²) in [7, 11) is 0. The van der Waals surface area contributed by atoms with E-state index in [2.05, 4.69) is 15.6 Å². The van der Waals surface area contributed by atoms with Crippen LogP contribution in [0.15, 0.2) is 53.5 Å². The van der Waals surface area contributed by atoms with Crippen molar-refractivity contribution in [3.05, 3.63) is 54.1 Å². The second-order valence-electron chi connectivity index (χ2n) is 6.27. The van der Waals surface area contributed by atoms with E-state index in [9.17, 15) is 22.8 Å². The average Bonchev–Trinajstić information content (AvgIpc) is 3.02. The van der Waals surface area contributed by atoms with Crippen LogP contribution in [0.3, 0.4) is 0 Å². The molecule has 0 spiro atoms. The molecule has 158 valence electrons. The van der Waals surface area contributed by atoms with Gasteiger partial charge in [-0.2, -0.15) is 13.2 Å². The fourth-order valence-corrected chi connectivity index (χ4v) is 3.63. The zero-order valence-corrected chi connectivity index (χ0v) is 16.6. The van der Waals surface area contributed by atoms with Gasteiger partial charge in [0.2, 0.25) is 11.8 Å². The lowest BCUT2D eigenvalue weighted by molar-refractivity contribution is -0.137. The normalized spacial score (nSPS) is 17.7. The number of ether oxygens (including phenoxy) is 1. The van der Waals surface area contributed by atoms with E-state index in [0.29, 0.717) is 23.2 Å². The zero-order valence-electron chi connectivity index (χ0n) is 15.8. The number of halogens is 3. The number of aliphatic imine (C=N–C) groups is 1. The molecule has 2 amide bonds. The van der Waals surface area contributed by atoms with E-state index in [-0.39, 0.29) is 18.0 Å². The molecule has 0 aliphatic carbocycles.